The van der Waals surface area contributed by atoms with Gasteiger partial charge in [-0.1, -0.05) is 35.9 Å². The van der Waals surface area contributed by atoms with Crippen LogP contribution in [0.15, 0.2) is 48.5 Å². The molecule has 0 aliphatic heterocycles. The fraction of sp³-hybridized carbons (Fsp3) is 0.316. The number of amides is 1. The summed E-state index contributed by atoms with van der Waals surface area (Å²) in [7, 11) is 0. The van der Waals surface area contributed by atoms with Crippen molar-refractivity contribution < 1.29 is 22.7 Å². The van der Waals surface area contributed by atoms with Crippen molar-refractivity contribution in [2.24, 2.45) is 0 Å². The number of benzene rings is 2. The van der Waals surface area contributed by atoms with E-state index in [9.17, 15) is 18.0 Å². The zero-order valence-corrected chi connectivity index (χ0v) is 14.5. The van der Waals surface area contributed by atoms with E-state index < -0.39 is 18.2 Å². The molecule has 0 spiro atoms. The van der Waals surface area contributed by atoms with E-state index in [1.807, 2.05) is 12.1 Å². The molecule has 3 nitrogen and oxygen atoms in total. The van der Waals surface area contributed by atoms with Crippen molar-refractivity contribution in [2.45, 2.75) is 31.0 Å². The fourth-order valence-electron chi connectivity index (χ4n) is 2.76. The van der Waals surface area contributed by atoms with Gasteiger partial charge in [-0.2, -0.15) is 13.2 Å². The van der Waals surface area contributed by atoms with Gasteiger partial charge in [0.1, 0.15) is 5.75 Å². The number of ether oxygens (including phenoxy) is 1. The van der Waals surface area contributed by atoms with Gasteiger partial charge in [-0.05, 0) is 48.2 Å². The van der Waals surface area contributed by atoms with Crippen LogP contribution in [-0.4, -0.2) is 18.7 Å². The predicted octanol–water partition coefficient (Wildman–Crippen LogP) is 4.63. The third kappa shape index (κ3) is 4.49. The zero-order valence-electron chi connectivity index (χ0n) is 13.8. The van der Waals surface area contributed by atoms with Gasteiger partial charge in [0.15, 0.2) is 6.61 Å². The maximum Gasteiger partial charge on any atom is 0.422 e. The van der Waals surface area contributed by atoms with E-state index >= 15 is 0 Å². The van der Waals surface area contributed by atoms with Gasteiger partial charge in [0.05, 0.1) is 5.41 Å². The summed E-state index contributed by atoms with van der Waals surface area (Å²) in [6.07, 6.45) is -2.80. The van der Waals surface area contributed by atoms with Crippen LogP contribution in [0, 0.1) is 0 Å². The lowest BCUT2D eigenvalue weighted by atomic mass is 9.95. The number of hydrogen-bond acceptors (Lipinski definition) is 2. The highest BCUT2D eigenvalue weighted by atomic mass is 35.5. The minimum absolute atomic E-state index is 0.0581. The predicted molar refractivity (Wildman–Crippen MR) is 92.2 cm³/mol. The third-order valence-corrected chi connectivity index (χ3v) is 4.61. The van der Waals surface area contributed by atoms with Gasteiger partial charge in [0, 0.05) is 11.6 Å². The van der Waals surface area contributed by atoms with Crippen molar-refractivity contribution in [3.63, 3.8) is 0 Å². The van der Waals surface area contributed by atoms with Crippen molar-refractivity contribution >= 4 is 17.5 Å². The second-order valence-corrected chi connectivity index (χ2v) is 6.76. The number of nitrogens with one attached hydrogen (secondary N) is 1. The number of halogens is 4. The lowest BCUT2D eigenvalue weighted by Crippen LogP contribution is -2.34. The summed E-state index contributed by atoms with van der Waals surface area (Å²) >= 11 is 5.89. The van der Waals surface area contributed by atoms with Crippen molar-refractivity contribution in [3.8, 4) is 5.75 Å². The van der Waals surface area contributed by atoms with Crippen LogP contribution in [0.4, 0.5) is 13.2 Å². The van der Waals surface area contributed by atoms with Gasteiger partial charge < -0.3 is 10.1 Å². The van der Waals surface area contributed by atoms with Gasteiger partial charge in [0.25, 0.3) is 0 Å². The number of hydrogen-bond donors (Lipinski definition) is 1. The van der Waals surface area contributed by atoms with E-state index in [4.69, 9.17) is 11.6 Å². The van der Waals surface area contributed by atoms with Gasteiger partial charge in [-0.3, -0.25) is 4.79 Å². The molecule has 1 aliphatic rings. The summed E-state index contributed by atoms with van der Waals surface area (Å²) in [5.41, 5.74) is 1.22. The summed E-state index contributed by atoms with van der Waals surface area (Å²) < 4.78 is 41.0. The Labute approximate surface area is 154 Å². The highest BCUT2D eigenvalue weighted by Crippen LogP contribution is 2.48. The van der Waals surface area contributed by atoms with Crippen molar-refractivity contribution in [2.75, 3.05) is 6.61 Å². The Balaban J connectivity index is 1.55. The summed E-state index contributed by atoms with van der Waals surface area (Å²) in [6.45, 7) is -1.03. The standard InChI is InChI=1S/C19H17ClF3NO2/c20-15-5-3-14(4-6-15)18(9-10-18)17(25)24-11-13-1-7-16(8-2-13)26-12-19(21,22)23/h1-8H,9-12H2,(H,24,25). The first-order valence-corrected chi connectivity index (χ1v) is 8.49. The number of carbonyl (C=O) groups is 1. The molecule has 0 radical (unpaired) electrons. The summed E-state index contributed by atoms with van der Waals surface area (Å²) in [6, 6.07) is 13.4. The highest BCUT2D eigenvalue weighted by molar-refractivity contribution is 6.30. The second-order valence-electron chi connectivity index (χ2n) is 6.32. The molecule has 2 aromatic rings. The average molecular weight is 384 g/mol. The maximum absolute atomic E-state index is 12.6. The molecule has 1 amide bonds. The smallest absolute Gasteiger partial charge is 0.422 e. The molecule has 138 valence electrons. The molecular formula is C19H17ClF3NO2. The minimum atomic E-state index is -4.37. The van der Waals surface area contributed by atoms with E-state index in [0.717, 1.165) is 24.0 Å². The van der Waals surface area contributed by atoms with Crippen LogP contribution in [0.2, 0.25) is 5.02 Å². The lowest BCUT2D eigenvalue weighted by molar-refractivity contribution is -0.153. The molecule has 1 saturated carbocycles. The molecule has 0 aromatic heterocycles. The summed E-state index contributed by atoms with van der Waals surface area (Å²) in [5, 5.41) is 3.52. The van der Waals surface area contributed by atoms with E-state index in [1.54, 1.807) is 24.3 Å². The van der Waals surface area contributed by atoms with E-state index in [2.05, 4.69) is 10.1 Å². The minimum Gasteiger partial charge on any atom is -0.484 e. The van der Waals surface area contributed by atoms with E-state index in [0.29, 0.717) is 11.6 Å². The SMILES string of the molecule is O=C(NCc1ccc(OCC(F)(F)F)cc1)C1(c2ccc(Cl)cc2)CC1. The quantitative estimate of drug-likeness (QED) is 0.789. The highest BCUT2D eigenvalue weighted by Gasteiger charge is 2.51. The molecule has 0 unspecified atom stereocenters. The molecule has 0 heterocycles. The topological polar surface area (TPSA) is 38.3 Å². The largest absolute Gasteiger partial charge is 0.484 e. The van der Waals surface area contributed by atoms with E-state index in [1.165, 1.54) is 12.1 Å². The van der Waals surface area contributed by atoms with Crippen LogP contribution >= 0.6 is 11.6 Å². The second kappa shape index (κ2) is 7.19. The first-order chi connectivity index (χ1) is 12.3. The van der Waals surface area contributed by atoms with Crippen LogP contribution in [0.5, 0.6) is 5.75 Å². The first-order valence-electron chi connectivity index (χ1n) is 8.11. The summed E-state index contributed by atoms with van der Waals surface area (Å²) in [4.78, 5) is 12.6. The van der Waals surface area contributed by atoms with E-state index in [-0.39, 0.29) is 11.7 Å². The van der Waals surface area contributed by atoms with Crippen LogP contribution in [-0.2, 0) is 16.8 Å². The Bertz CT molecular complexity index is 769. The van der Waals surface area contributed by atoms with Gasteiger partial charge in [-0.15, -0.1) is 0 Å². The van der Waals surface area contributed by atoms with Gasteiger partial charge in [-0.25, -0.2) is 0 Å². The first kappa shape index (κ1) is 18.6. The lowest BCUT2D eigenvalue weighted by Gasteiger charge is -2.16. The monoisotopic (exact) mass is 383 g/mol. The molecule has 1 aliphatic carbocycles. The molecular weight excluding hydrogens is 367 g/mol. The normalized spacial score (nSPS) is 15.4. The molecule has 1 fully saturated rings. The van der Waals surface area contributed by atoms with Gasteiger partial charge in [0.2, 0.25) is 5.91 Å². The van der Waals surface area contributed by atoms with Gasteiger partial charge >= 0.3 is 6.18 Å². The molecule has 0 bridgehead atoms. The van der Waals surface area contributed by atoms with Crippen LogP contribution < -0.4 is 10.1 Å². The Hall–Kier alpha value is -2.21. The number of rotatable bonds is 6. The molecule has 1 N–H and O–H groups in total. The molecule has 0 saturated heterocycles. The zero-order chi connectivity index (χ0) is 18.8. The number of alkyl halides is 3. The number of carbonyl (C=O) groups excluding carboxylic acids is 1. The molecule has 3 rings (SSSR count). The summed E-state index contributed by atoms with van der Waals surface area (Å²) in [5.74, 6) is 0.0782. The molecule has 7 heteroatoms. The van der Waals surface area contributed by atoms with Crippen molar-refractivity contribution in [1.29, 1.82) is 0 Å². The van der Waals surface area contributed by atoms with Crippen LogP contribution in [0.3, 0.4) is 0 Å². The Morgan fingerprint density at radius 3 is 2.23 bits per heavy atom. The molecule has 2 aromatic carbocycles. The Morgan fingerprint density at radius 2 is 1.69 bits per heavy atom. The Morgan fingerprint density at radius 1 is 1.08 bits per heavy atom. The molecule has 26 heavy (non-hydrogen) atoms. The Kier molecular flexibility index (Phi) is 5.14. The van der Waals surface area contributed by atoms with Crippen LogP contribution in [0.25, 0.3) is 0 Å². The average Bonchev–Trinajstić information content (AvgIpc) is 3.40. The fourth-order valence-corrected chi connectivity index (χ4v) is 2.89. The third-order valence-electron chi connectivity index (χ3n) is 4.36. The van der Waals surface area contributed by atoms with Crippen LogP contribution in [0.1, 0.15) is 24.0 Å². The maximum atomic E-state index is 12.6. The van der Waals surface area contributed by atoms with Crippen molar-refractivity contribution in [3.05, 3.63) is 64.7 Å². The molecule has 0 atom stereocenters. The van der Waals surface area contributed by atoms with Crippen molar-refractivity contribution in [1.82, 2.24) is 5.32 Å².